The van der Waals surface area contributed by atoms with E-state index < -0.39 is 6.17 Å². The first-order valence-corrected chi connectivity index (χ1v) is 5.05. The Balaban J connectivity index is 2.25. The van der Waals surface area contributed by atoms with Gasteiger partial charge in [-0.15, -0.1) is 0 Å². The quantitative estimate of drug-likeness (QED) is 0.737. The van der Waals surface area contributed by atoms with E-state index in [0.717, 1.165) is 24.2 Å². The van der Waals surface area contributed by atoms with Crippen LogP contribution in [0, 0.1) is 6.92 Å². The maximum atomic E-state index is 13.6. The van der Waals surface area contributed by atoms with Crippen LogP contribution in [0.1, 0.15) is 23.6 Å². The van der Waals surface area contributed by atoms with Gasteiger partial charge in [0.25, 0.3) is 0 Å². The van der Waals surface area contributed by atoms with Crippen molar-refractivity contribution in [1.29, 1.82) is 0 Å². The van der Waals surface area contributed by atoms with Crippen molar-refractivity contribution in [3.8, 4) is 0 Å². The van der Waals surface area contributed by atoms with Crippen molar-refractivity contribution in [3.05, 3.63) is 29.6 Å². The van der Waals surface area contributed by atoms with E-state index in [2.05, 4.69) is 10.3 Å². The molecule has 14 heavy (non-hydrogen) atoms. The minimum Gasteiger partial charge on any atom is -0.314 e. The van der Waals surface area contributed by atoms with E-state index in [1.54, 1.807) is 6.20 Å². The van der Waals surface area contributed by atoms with E-state index in [4.69, 9.17) is 0 Å². The van der Waals surface area contributed by atoms with Crippen molar-refractivity contribution < 1.29 is 4.39 Å². The average Bonchev–Trinajstić information content (AvgIpc) is 2.20. The first-order chi connectivity index (χ1) is 6.79. The average molecular weight is 194 g/mol. The fourth-order valence-corrected chi connectivity index (χ4v) is 2.06. The Kier molecular flexibility index (Phi) is 2.77. The molecule has 1 N–H and O–H groups in total. The van der Waals surface area contributed by atoms with Gasteiger partial charge in [-0.1, -0.05) is 6.07 Å². The van der Waals surface area contributed by atoms with Crippen LogP contribution in [0.2, 0.25) is 0 Å². The molecule has 2 atom stereocenters. The van der Waals surface area contributed by atoms with Crippen LogP contribution >= 0.6 is 0 Å². The summed E-state index contributed by atoms with van der Waals surface area (Å²) in [7, 11) is 0. The van der Waals surface area contributed by atoms with Crippen molar-refractivity contribution in [2.24, 2.45) is 0 Å². The number of aromatic nitrogens is 1. The van der Waals surface area contributed by atoms with Gasteiger partial charge in [0.05, 0.1) is 0 Å². The normalized spacial score (nSPS) is 27.6. The van der Waals surface area contributed by atoms with Crippen LogP contribution in [-0.4, -0.2) is 24.2 Å². The molecule has 0 aliphatic carbocycles. The molecule has 0 amide bonds. The van der Waals surface area contributed by atoms with Gasteiger partial charge in [-0.2, -0.15) is 0 Å². The Labute approximate surface area is 83.6 Å². The maximum absolute atomic E-state index is 13.6. The number of halogens is 1. The number of aryl methyl sites for hydroxylation is 1. The lowest BCUT2D eigenvalue weighted by Gasteiger charge is -2.27. The van der Waals surface area contributed by atoms with Crippen LogP contribution in [-0.2, 0) is 0 Å². The van der Waals surface area contributed by atoms with Crippen LogP contribution in [0.15, 0.2) is 18.3 Å². The summed E-state index contributed by atoms with van der Waals surface area (Å²) in [5, 5.41) is 3.06. The molecule has 1 aromatic rings. The first kappa shape index (κ1) is 9.59. The first-order valence-electron chi connectivity index (χ1n) is 5.05. The van der Waals surface area contributed by atoms with E-state index in [-0.39, 0.29) is 5.92 Å². The van der Waals surface area contributed by atoms with E-state index in [1.165, 1.54) is 0 Å². The minimum atomic E-state index is -0.772. The Morgan fingerprint density at radius 1 is 1.57 bits per heavy atom. The van der Waals surface area contributed by atoms with E-state index in [0.29, 0.717) is 6.54 Å². The molecule has 2 unspecified atom stereocenters. The fourth-order valence-electron chi connectivity index (χ4n) is 2.06. The minimum absolute atomic E-state index is 0.0324. The highest BCUT2D eigenvalue weighted by atomic mass is 19.1. The van der Waals surface area contributed by atoms with Gasteiger partial charge in [-0.25, -0.2) is 4.39 Å². The standard InChI is InChI=1S/C11H15FN2/c1-8-9(3-2-5-14-8)10-4-6-13-7-11(10)12/h2-3,5,10-11,13H,4,6-7H2,1H3. The van der Waals surface area contributed by atoms with Gasteiger partial charge >= 0.3 is 0 Å². The van der Waals surface area contributed by atoms with Gasteiger partial charge in [0, 0.05) is 24.4 Å². The SMILES string of the molecule is Cc1ncccc1C1CCNCC1F. The summed E-state index contributed by atoms with van der Waals surface area (Å²) in [6.07, 6.45) is 1.85. The Hall–Kier alpha value is -0.960. The summed E-state index contributed by atoms with van der Waals surface area (Å²) in [5.41, 5.74) is 2.03. The van der Waals surface area contributed by atoms with Crippen molar-refractivity contribution in [2.45, 2.75) is 25.4 Å². The van der Waals surface area contributed by atoms with Crippen LogP contribution in [0.3, 0.4) is 0 Å². The van der Waals surface area contributed by atoms with Gasteiger partial charge in [-0.05, 0) is 31.5 Å². The van der Waals surface area contributed by atoms with Gasteiger partial charge in [-0.3, -0.25) is 4.98 Å². The molecule has 76 valence electrons. The predicted octanol–water partition coefficient (Wildman–Crippen LogP) is 1.81. The molecule has 1 aliphatic heterocycles. The zero-order chi connectivity index (χ0) is 9.97. The van der Waals surface area contributed by atoms with Gasteiger partial charge < -0.3 is 5.32 Å². The topological polar surface area (TPSA) is 24.9 Å². The highest BCUT2D eigenvalue weighted by Gasteiger charge is 2.27. The van der Waals surface area contributed by atoms with E-state index >= 15 is 0 Å². The maximum Gasteiger partial charge on any atom is 0.119 e. The molecule has 1 aliphatic rings. The molecule has 0 saturated carbocycles. The lowest BCUT2D eigenvalue weighted by molar-refractivity contribution is 0.230. The molecule has 0 spiro atoms. The molecular weight excluding hydrogens is 179 g/mol. The summed E-state index contributed by atoms with van der Waals surface area (Å²) in [6.45, 7) is 3.32. The number of rotatable bonds is 1. The number of nitrogens with zero attached hydrogens (tertiary/aromatic N) is 1. The van der Waals surface area contributed by atoms with E-state index in [9.17, 15) is 4.39 Å². The zero-order valence-corrected chi connectivity index (χ0v) is 8.33. The van der Waals surface area contributed by atoms with Crippen molar-refractivity contribution in [1.82, 2.24) is 10.3 Å². The lowest BCUT2D eigenvalue weighted by Crippen LogP contribution is -2.37. The third kappa shape index (κ3) is 1.77. The number of hydrogen-bond acceptors (Lipinski definition) is 2. The number of piperidine rings is 1. The zero-order valence-electron chi connectivity index (χ0n) is 8.33. The van der Waals surface area contributed by atoms with Gasteiger partial charge in [0.2, 0.25) is 0 Å². The highest BCUT2D eigenvalue weighted by Crippen LogP contribution is 2.28. The number of nitrogens with one attached hydrogen (secondary N) is 1. The molecule has 0 radical (unpaired) electrons. The molecule has 1 fully saturated rings. The summed E-state index contributed by atoms with van der Waals surface area (Å²) in [4.78, 5) is 4.20. The van der Waals surface area contributed by atoms with Crippen LogP contribution < -0.4 is 5.32 Å². The largest absolute Gasteiger partial charge is 0.314 e. The van der Waals surface area contributed by atoms with Crippen molar-refractivity contribution in [2.75, 3.05) is 13.1 Å². The molecule has 2 rings (SSSR count). The summed E-state index contributed by atoms with van der Waals surface area (Å²) >= 11 is 0. The lowest BCUT2D eigenvalue weighted by atomic mass is 9.88. The second-order valence-corrected chi connectivity index (χ2v) is 3.79. The molecule has 2 heterocycles. The fraction of sp³-hybridized carbons (Fsp3) is 0.545. The summed E-state index contributed by atoms with van der Waals surface area (Å²) in [5.74, 6) is 0.0324. The summed E-state index contributed by atoms with van der Waals surface area (Å²) < 4.78 is 13.6. The third-order valence-electron chi connectivity index (χ3n) is 2.86. The van der Waals surface area contributed by atoms with Gasteiger partial charge in [0.15, 0.2) is 0 Å². The Morgan fingerprint density at radius 3 is 3.14 bits per heavy atom. The second kappa shape index (κ2) is 4.05. The van der Waals surface area contributed by atoms with Crippen LogP contribution in [0.4, 0.5) is 4.39 Å². The summed E-state index contributed by atoms with van der Waals surface area (Å²) in [6, 6.07) is 3.88. The monoisotopic (exact) mass is 194 g/mol. The predicted molar refractivity (Wildman–Crippen MR) is 54.1 cm³/mol. The molecule has 0 aromatic carbocycles. The second-order valence-electron chi connectivity index (χ2n) is 3.79. The molecular formula is C11H15FN2. The van der Waals surface area contributed by atoms with E-state index in [1.807, 2.05) is 19.1 Å². The molecule has 1 aromatic heterocycles. The van der Waals surface area contributed by atoms with Gasteiger partial charge in [0.1, 0.15) is 6.17 Å². The number of alkyl halides is 1. The van der Waals surface area contributed by atoms with Crippen LogP contribution in [0.25, 0.3) is 0 Å². The number of hydrogen-bond donors (Lipinski definition) is 1. The Bertz CT molecular complexity index is 314. The molecule has 0 bridgehead atoms. The molecule has 2 nitrogen and oxygen atoms in total. The van der Waals surface area contributed by atoms with Crippen molar-refractivity contribution >= 4 is 0 Å². The molecule has 3 heteroatoms. The molecule has 1 saturated heterocycles. The van der Waals surface area contributed by atoms with Crippen LogP contribution in [0.5, 0.6) is 0 Å². The highest BCUT2D eigenvalue weighted by molar-refractivity contribution is 5.25. The van der Waals surface area contributed by atoms with Crippen molar-refractivity contribution in [3.63, 3.8) is 0 Å². The third-order valence-corrected chi connectivity index (χ3v) is 2.86. The smallest absolute Gasteiger partial charge is 0.119 e. The Morgan fingerprint density at radius 2 is 2.43 bits per heavy atom. The number of pyridine rings is 1.